The lowest BCUT2D eigenvalue weighted by Crippen LogP contribution is -2.32. The molecule has 0 unspecified atom stereocenters. The molecule has 1 heterocycles. The number of nitrogens with one attached hydrogen (secondary N) is 1. The van der Waals surface area contributed by atoms with Crippen LogP contribution in [0.4, 0.5) is 13.2 Å². The van der Waals surface area contributed by atoms with Crippen molar-refractivity contribution in [3.05, 3.63) is 70.1 Å². The summed E-state index contributed by atoms with van der Waals surface area (Å²) in [6.45, 7) is 0.193. The molecule has 4 nitrogen and oxygen atoms in total. The molecule has 0 aliphatic rings. The molecule has 0 spiro atoms. The quantitative estimate of drug-likeness (QED) is 0.917. The van der Waals surface area contributed by atoms with E-state index in [1.165, 1.54) is 29.0 Å². The molecular weight excluding hydrogens is 309 g/mol. The normalized spacial score (nSPS) is 11.3. The Morgan fingerprint density at radius 1 is 1.09 bits per heavy atom. The van der Waals surface area contributed by atoms with Crippen molar-refractivity contribution in [3.63, 3.8) is 0 Å². The lowest BCUT2D eigenvalue weighted by molar-refractivity contribution is -0.137. The maximum absolute atomic E-state index is 12.4. The van der Waals surface area contributed by atoms with Crippen molar-refractivity contribution in [1.82, 2.24) is 9.88 Å². The van der Waals surface area contributed by atoms with Crippen molar-refractivity contribution in [2.75, 3.05) is 6.54 Å². The van der Waals surface area contributed by atoms with Crippen LogP contribution in [0.15, 0.2) is 53.5 Å². The van der Waals surface area contributed by atoms with Gasteiger partial charge in [0.1, 0.15) is 6.54 Å². The Bertz CT molecular complexity index is 721. The first-order chi connectivity index (χ1) is 10.9. The van der Waals surface area contributed by atoms with Gasteiger partial charge in [-0.15, -0.1) is 0 Å². The van der Waals surface area contributed by atoms with Crippen molar-refractivity contribution < 1.29 is 18.0 Å². The predicted octanol–water partition coefficient (Wildman–Crippen LogP) is 2.23. The number of hydrogen-bond acceptors (Lipinski definition) is 2. The molecule has 7 heteroatoms. The minimum Gasteiger partial charge on any atom is -0.354 e. The van der Waals surface area contributed by atoms with Crippen LogP contribution in [0, 0.1) is 0 Å². The number of amides is 1. The average Bonchev–Trinajstić information content (AvgIpc) is 2.49. The van der Waals surface area contributed by atoms with Gasteiger partial charge in [-0.1, -0.05) is 18.2 Å². The molecular formula is C16H15F3N2O2. The van der Waals surface area contributed by atoms with Crippen LogP contribution in [-0.4, -0.2) is 17.0 Å². The Balaban J connectivity index is 1.82. The summed E-state index contributed by atoms with van der Waals surface area (Å²) in [7, 11) is 0. The van der Waals surface area contributed by atoms with E-state index in [0.717, 1.165) is 12.1 Å². The van der Waals surface area contributed by atoms with E-state index in [9.17, 15) is 22.8 Å². The zero-order valence-corrected chi connectivity index (χ0v) is 12.1. The highest BCUT2D eigenvalue weighted by molar-refractivity contribution is 5.75. The van der Waals surface area contributed by atoms with Crippen molar-refractivity contribution >= 4 is 5.91 Å². The molecule has 1 N–H and O–H groups in total. The van der Waals surface area contributed by atoms with E-state index in [4.69, 9.17) is 0 Å². The van der Waals surface area contributed by atoms with Gasteiger partial charge in [0.25, 0.3) is 5.56 Å². The largest absolute Gasteiger partial charge is 0.416 e. The van der Waals surface area contributed by atoms with Crippen LogP contribution in [0.3, 0.4) is 0 Å². The summed E-state index contributed by atoms with van der Waals surface area (Å²) >= 11 is 0. The number of pyridine rings is 1. The van der Waals surface area contributed by atoms with E-state index in [2.05, 4.69) is 5.32 Å². The third kappa shape index (κ3) is 4.98. The van der Waals surface area contributed by atoms with E-state index >= 15 is 0 Å². The molecule has 0 saturated heterocycles. The van der Waals surface area contributed by atoms with Gasteiger partial charge < -0.3 is 9.88 Å². The number of nitrogens with zero attached hydrogens (tertiary/aromatic N) is 1. The zero-order valence-electron chi connectivity index (χ0n) is 12.1. The van der Waals surface area contributed by atoms with Crippen molar-refractivity contribution in [2.24, 2.45) is 0 Å². The Kier molecular flexibility index (Phi) is 5.20. The third-order valence-electron chi connectivity index (χ3n) is 3.23. The molecule has 23 heavy (non-hydrogen) atoms. The van der Waals surface area contributed by atoms with Gasteiger partial charge >= 0.3 is 6.18 Å². The van der Waals surface area contributed by atoms with Gasteiger partial charge in [-0.05, 0) is 30.2 Å². The summed E-state index contributed by atoms with van der Waals surface area (Å²) in [6, 6.07) is 9.39. The molecule has 0 aliphatic heterocycles. The Morgan fingerprint density at radius 3 is 2.39 bits per heavy atom. The second-order valence-corrected chi connectivity index (χ2v) is 4.96. The van der Waals surface area contributed by atoms with E-state index < -0.39 is 11.7 Å². The summed E-state index contributed by atoms with van der Waals surface area (Å²) in [5.41, 5.74) is -0.283. The van der Waals surface area contributed by atoms with Crippen LogP contribution in [0.1, 0.15) is 11.1 Å². The van der Waals surface area contributed by atoms with Crippen molar-refractivity contribution in [2.45, 2.75) is 19.1 Å². The molecule has 0 aliphatic carbocycles. The topological polar surface area (TPSA) is 51.1 Å². The first-order valence-corrected chi connectivity index (χ1v) is 6.94. The van der Waals surface area contributed by atoms with E-state index in [-0.39, 0.29) is 24.6 Å². The molecule has 1 amide bonds. The summed E-state index contributed by atoms with van der Waals surface area (Å²) in [6.07, 6.45) is -2.43. The number of benzene rings is 1. The lowest BCUT2D eigenvalue weighted by atomic mass is 10.1. The van der Waals surface area contributed by atoms with E-state index in [1.807, 2.05) is 0 Å². The molecule has 2 rings (SSSR count). The molecule has 1 aromatic heterocycles. The predicted molar refractivity (Wildman–Crippen MR) is 78.9 cm³/mol. The summed E-state index contributed by atoms with van der Waals surface area (Å²) in [4.78, 5) is 23.2. The van der Waals surface area contributed by atoms with Crippen LogP contribution < -0.4 is 10.9 Å². The van der Waals surface area contributed by atoms with Gasteiger partial charge in [-0.2, -0.15) is 13.2 Å². The number of rotatable bonds is 5. The lowest BCUT2D eigenvalue weighted by Gasteiger charge is -2.09. The Hall–Kier alpha value is -2.57. The van der Waals surface area contributed by atoms with Gasteiger partial charge in [-0.3, -0.25) is 9.59 Å². The smallest absolute Gasteiger partial charge is 0.354 e. The number of hydrogen-bond donors (Lipinski definition) is 1. The van der Waals surface area contributed by atoms with Crippen molar-refractivity contribution in [3.8, 4) is 0 Å². The highest BCUT2D eigenvalue weighted by Crippen LogP contribution is 2.29. The van der Waals surface area contributed by atoms with E-state index in [0.29, 0.717) is 12.0 Å². The Labute approximate surface area is 130 Å². The fourth-order valence-corrected chi connectivity index (χ4v) is 2.01. The number of carbonyl (C=O) groups excluding carboxylic acids is 1. The van der Waals surface area contributed by atoms with Crippen LogP contribution in [0.5, 0.6) is 0 Å². The first kappa shape index (κ1) is 16.8. The van der Waals surface area contributed by atoms with Crippen LogP contribution in [0.25, 0.3) is 0 Å². The molecule has 2 aromatic rings. The number of halogens is 3. The monoisotopic (exact) mass is 324 g/mol. The highest BCUT2D eigenvalue weighted by atomic mass is 19.4. The third-order valence-corrected chi connectivity index (χ3v) is 3.23. The van der Waals surface area contributed by atoms with Gasteiger partial charge in [0.15, 0.2) is 0 Å². The van der Waals surface area contributed by atoms with Crippen LogP contribution in [0.2, 0.25) is 0 Å². The maximum Gasteiger partial charge on any atom is 0.416 e. The molecule has 122 valence electrons. The fourth-order valence-electron chi connectivity index (χ4n) is 2.01. The molecule has 0 bridgehead atoms. The molecule has 0 fully saturated rings. The minimum atomic E-state index is -4.35. The fraction of sp³-hybridized carbons (Fsp3) is 0.250. The van der Waals surface area contributed by atoms with Gasteiger partial charge in [0.2, 0.25) is 5.91 Å². The standard InChI is InChI=1S/C16H15F3N2O2/c17-16(18,19)13-6-4-12(5-7-13)8-9-20-14(22)11-21-10-2-1-3-15(21)23/h1-7,10H,8-9,11H2,(H,20,22). The average molecular weight is 324 g/mol. The molecule has 0 radical (unpaired) electrons. The highest BCUT2D eigenvalue weighted by Gasteiger charge is 2.29. The maximum atomic E-state index is 12.4. The number of aromatic nitrogens is 1. The summed E-state index contributed by atoms with van der Waals surface area (Å²) < 4.78 is 38.6. The Morgan fingerprint density at radius 2 is 1.78 bits per heavy atom. The van der Waals surface area contributed by atoms with Crippen LogP contribution >= 0.6 is 0 Å². The number of carbonyl (C=O) groups is 1. The zero-order chi connectivity index (χ0) is 16.9. The molecule has 1 aromatic carbocycles. The molecule has 0 saturated carbocycles. The van der Waals surface area contributed by atoms with Gasteiger partial charge in [0, 0.05) is 18.8 Å². The second-order valence-electron chi connectivity index (χ2n) is 4.96. The number of alkyl halides is 3. The molecule has 0 atom stereocenters. The summed E-state index contributed by atoms with van der Waals surface area (Å²) in [5, 5.41) is 2.63. The van der Waals surface area contributed by atoms with Crippen molar-refractivity contribution in [1.29, 1.82) is 0 Å². The summed E-state index contributed by atoms with van der Waals surface area (Å²) in [5.74, 6) is -0.329. The first-order valence-electron chi connectivity index (χ1n) is 6.94. The van der Waals surface area contributed by atoms with Gasteiger partial charge in [-0.25, -0.2) is 0 Å². The SMILES string of the molecule is O=C(Cn1ccccc1=O)NCCc1ccc(C(F)(F)F)cc1. The van der Waals surface area contributed by atoms with Gasteiger partial charge in [0.05, 0.1) is 5.56 Å². The minimum absolute atomic E-state index is 0.0906. The second kappa shape index (κ2) is 7.13. The van der Waals surface area contributed by atoms with E-state index in [1.54, 1.807) is 12.1 Å². The van der Waals surface area contributed by atoms with Crippen LogP contribution in [-0.2, 0) is 23.9 Å².